The van der Waals surface area contributed by atoms with E-state index in [1.165, 1.54) is 0 Å². The van der Waals surface area contributed by atoms with Crippen molar-refractivity contribution in [1.29, 1.82) is 0 Å². The van der Waals surface area contributed by atoms with E-state index in [9.17, 15) is 4.79 Å². The minimum atomic E-state index is 0.0558. The van der Waals surface area contributed by atoms with Gasteiger partial charge in [-0.05, 0) is 24.8 Å². The summed E-state index contributed by atoms with van der Waals surface area (Å²) in [5, 5.41) is 0.865. The Morgan fingerprint density at radius 3 is 2.88 bits per heavy atom. The highest BCUT2D eigenvalue weighted by Gasteiger charge is 2.26. The number of carbonyl (C=O) groups excluding carboxylic acids is 1. The third kappa shape index (κ3) is 1.61. The van der Waals surface area contributed by atoms with E-state index in [4.69, 9.17) is 0 Å². The zero-order chi connectivity index (χ0) is 11.8. The first-order valence-corrected chi connectivity index (χ1v) is 6.84. The van der Waals surface area contributed by atoms with Crippen molar-refractivity contribution in [2.75, 3.05) is 19.3 Å². The molecule has 2 aromatic heterocycles. The quantitative estimate of drug-likeness (QED) is 0.761. The number of rotatable bonds is 2. The first-order chi connectivity index (χ1) is 8.31. The van der Waals surface area contributed by atoms with Crippen LogP contribution in [0.1, 0.15) is 16.9 Å². The SMILES string of the molecule is CSc1nc(C(=O)N2CCC2)c2ccccn12. The fourth-order valence-electron chi connectivity index (χ4n) is 1.98. The Morgan fingerprint density at radius 2 is 2.24 bits per heavy atom. The van der Waals surface area contributed by atoms with Gasteiger partial charge in [0.15, 0.2) is 10.9 Å². The molecule has 1 aliphatic rings. The van der Waals surface area contributed by atoms with E-state index < -0.39 is 0 Å². The number of aromatic nitrogens is 2. The summed E-state index contributed by atoms with van der Waals surface area (Å²) in [5.74, 6) is 0.0558. The molecule has 0 N–H and O–H groups in total. The summed E-state index contributed by atoms with van der Waals surface area (Å²) in [5.41, 5.74) is 1.48. The second-order valence-corrected chi connectivity index (χ2v) is 4.82. The number of imidazole rings is 1. The Bertz CT molecular complexity index is 574. The molecule has 0 radical (unpaired) electrons. The predicted octanol–water partition coefficient (Wildman–Crippen LogP) is 1.90. The first kappa shape index (κ1) is 10.7. The van der Waals surface area contributed by atoms with Gasteiger partial charge in [-0.3, -0.25) is 9.20 Å². The number of fused-ring (bicyclic) bond motifs is 1. The molecule has 1 saturated heterocycles. The van der Waals surface area contributed by atoms with E-state index in [0.29, 0.717) is 5.69 Å². The smallest absolute Gasteiger partial charge is 0.274 e. The van der Waals surface area contributed by atoms with Gasteiger partial charge in [0, 0.05) is 19.3 Å². The van der Waals surface area contributed by atoms with Crippen LogP contribution >= 0.6 is 11.8 Å². The van der Waals surface area contributed by atoms with Crippen LogP contribution in [0.25, 0.3) is 5.52 Å². The van der Waals surface area contributed by atoms with Crippen LogP contribution in [0.3, 0.4) is 0 Å². The van der Waals surface area contributed by atoms with Crippen LogP contribution in [0.4, 0.5) is 0 Å². The molecule has 2 aromatic rings. The van der Waals surface area contributed by atoms with E-state index in [2.05, 4.69) is 4.98 Å². The van der Waals surface area contributed by atoms with Crippen LogP contribution in [-0.2, 0) is 0 Å². The Hall–Kier alpha value is -1.49. The Morgan fingerprint density at radius 1 is 1.41 bits per heavy atom. The number of thioether (sulfide) groups is 1. The van der Waals surface area contributed by atoms with Gasteiger partial charge in [-0.25, -0.2) is 4.98 Å². The number of likely N-dealkylation sites (tertiary alicyclic amines) is 1. The molecule has 0 spiro atoms. The highest BCUT2D eigenvalue weighted by molar-refractivity contribution is 7.98. The van der Waals surface area contributed by atoms with Crippen LogP contribution in [0, 0.1) is 0 Å². The average molecular weight is 247 g/mol. The number of amides is 1. The van der Waals surface area contributed by atoms with Crippen molar-refractivity contribution in [1.82, 2.24) is 14.3 Å². The molecule has 88 valence electrons. The predicted molar refractivity (Wildman–Crippen MR) is 67.5 cm³/mol. The molecule has 5 heteroatoms. The minimum absolute atomic E-state index is 0.0558. The molecule has 0 aliphatic carbocycles. The van der Waals surface area contributed by atoms with E-state index in [1.807, 2.05) is 40.0 Å². The molecule has 0 atom stereocenters. The number of hydrogen-bond acceptors (Lipinski definition) is 3. The lowest BCUT2D eigenvalue weighted by Crippen LogP contribution is -2.42. The Balaban J connectivity index is 2.12. The van der Waals surface area contributed by atoms with Gasteiger partial charge in [0.25, 0.3) is 5.91 Å². The van der Waals surface area contributed by atoms with E-state index in [1.54, 1.807) is 11.8 Å². The molecule has 1 fully saturated rings. The molecular formula is C12H13N3OS. The summed E-state index contributed by atoms with van der Waals surface area (Å²) >= 11 is 1.55. The van der Waals surface area contributed by atoms with Crippen LogP contribution in [-0.4, -0.2) is 39.5 Å². The van der Waals surface area contributed by atoms with Crippen molar-refractivity contribution in [3.8, 4) is 0 Å². The fourth-order valence-corrected chi connectivity index (χ4v) is 2.52. The van der Waals surface area contributed by atoms with Gasteiger partial charge >= 0.3 is 0 Å². The number of carbonyl (C=O) groups is 1. The summed E-state index contributed by atoms with van der Waals surface area (Å²) in [7, 11) is 0. The standard InChI is InChI=1S/C12H13N3OS/c1-17-12-13-10(11(16)14-6-4-7-14)9-5-2-3-8-15(9)12/h2-3,5,8H,4,6-7H2,1H3. The van der Waals surface area contributed by atoms with Gasteiger partial charge in [-0.2, -0.15) is 0 Å². The fraction of sp³-hybridized carbons (Fsp3) is 0.333. The summed E-state index contributed by atoms with van der Waals surface area (Å²) in [6, 6.07) is 5.83. The molecule has 0 bridgehead atoms. The largest absolute Gasteiger partial charge is 0.337 e. The third-order valence-electron chi connectivity index (χ3n) is 3.04. The van der Waals surface area contributed by atoms with Gasteiger partial charge in [0.2, 0.25) is 0 Å². The zero-order valence-electron chi connectivity index (χ0n) is 9.59. The van der Waals surface area contributed by atoms with Crippen molar-refractivity contribution in [2.24, 2.45) is 0 Å². The van der Waals surface area contributed by atoms with E-state index in [-0.39, 0.29) is 5.91 Å². The monoisotopic (exact) mass is 247 g/mol. The molecule has 3 rings (SSSR count). The van der Waals surface area contributed by atoms with Gasteiger partial charge in [0.1, 0.15) is 0 Å². The number of hydrogen-bond donors (Lipinski definition) is 0. The normalized spacial score (nSPS) is 15.0. The molecule has 1 amide bonds. The number of nitrogens with zero attached hydrogens (tertiary/aromatic N) is 3. The molecule has 0 saturated carbocycles. The minimum Gasteiger partial charge on any atom is -0.337 e. The van der Waals surface area contributed by atoms with Crippen LogP contribution in [0.2, 0.25) is 0 Å². The van der Waals surface area contributed by atoms with Crippen molar-refractivity contribution in [2.45, 2.75) is 11.6 Å². The van der Waals surface area contributed by atoms with E-state index >= 15 is 0 Å². The van der Waals surface area contributed by atoms with Crippen LogP contribution < -0.4 is 0 Å². The molecular weight excluding hydrogens is 234 g/mol. The maximum absolute atomic E-state index is 12.2. The molecule has 17 heavy (non-hydrogen) atoms. The highest BCUT2D eigenvalue weighted by Crippen LogP contribution is 2.22. The average Bonchev–Trinajstić information content (AvgIpc) is 2.65. The Labute approximate surface area is 104 Å². The molecule has 0 unspecified atom stereocenters. The van der Waals surface area contributed by atoms with Crippen molar-refractivity contribution < 1.29 is 4.79 Å². The highest BCUT2D eigenvalue weighted by atomic mass is 32.2. The van der Waals surface area contributed by atoms with Crippen LogP contribution in [0.5, 0.6) is 0 Å². The van der Waals surface area contributed by atoms with Gasteiger partial charge in [-0.1, -0.05) is 17.8 Å². The summed E-state index contributed by atoms with van der Waals surface area (Å²) in [4.78, 5) is 18.5. The number of pyridine rings is 1. The molecule has 0 aromatic carbocycles. The summed E-state index contributed by atoms with van der Waals surface area (Å²) in [6.07, 6.45) is 5.02. The Kier molecular flexibility index (Phi) is 2.55. The van der Waals surface area contributed by atoms with E-state index in [0.717, 1.165) is 30.2 Å². The second kappa shape index (κ2) is 4.07. The summed E-state index contributed by atoms with van der Waals surface area (Å²) < 4.78 is 1.97. The maximum atomic E-state index is 12.2. The van der Waals surface area contributed by atoms with Gasteiger partial charge in [-0.15, -0.1) is 0 Å². The van der Waals surface area contributed by atoms with Crippen LogP contribution in [0.15, 0.2) is 29.6 Å². The lowest BCUT2D eigenvalue weighted by Gasteiger charge is -2.30. The van der Waals surface area contributed by atoms with Gasteiger partial charge in [0.05, 0.1) is 5.52 Å². The lowest BCUT2D eigenvalue weighted by atomic mass is 10.2. The second-order valence-electron chi connectivity index (χ2n) is 4.05. The van der Waals surface area contributed by atoms with Crippen molar-refractivity contribution in [3.63, 3.8) is 0 Å². The first-order valence-electron chi connectivity index (χ1n) is 5.61. The zero-order valence-corrected chi connectivity index (χ0v) is 10.4. The van der Waals surface area contributed by atoms with Crippen molar-refractivity contribution in [3.05, 3.63) is 30.1 Å². The summed E-state index contributed by atoms with van der Waals surface area (Å²) in [6.45, 7) is 1.72. The topological polar surface area (TPSA) is 37.6 Å². The van der Waals surface area contributed by atoms with Gasteiger partial charge < -0.3 is 4.90 Å². The third-order valence-corrected chi connectivity index (χ3v) is 3.70. The van der Waals surface area contributed by atoms with Crippen molar-refractivity contribution >= 4 is 23.2 Å². The maximum Gasteiger partial charge on any atom is 0.274 e. The molecule has 4 nitrogen and oxygen atoms in total. The molecule has 1 aliphatic heterocycles. The lowest BCUT2D eigenvalue weighted by molar-refractivity contribution is 0.0648. The molecule has 3 heterocycles.